The minimum atomic E-state index is -0.471. The van der Waals surface area contributed by atoms with Gasteiger partial charge in [0.2, 0.25) is 0 Å². The molecule has 5 nitrogen and oxygen atoms in total. The van der Waals surface area contributed by atoms with Crippen molar-refractivity contribution in [1.29, 1.82) is 0 Å². The maximum absolute atomic E-state index is 12.1. The molecule has 1 amide bonds. The predicted molar refractivity (Wildman–Crippen MR) is 92.8 cm³/mol. The molecule has 0 aromatic heterocycles. The Morgan fingerprint density at radius 1 is 1.22 bits per heavy atom. The van der Waals surface area contributed by atoms with Crippen LogP contribution in [0.15, 0.2) is 24.3 Å². The molecule has 1 fully saturated rings. The van der Waals surface area contributed by atoms with Gasteiger partial charge in [-0.2, -0.15) is 0 Å². The zero-order chi connectivity index (χ0) is 16.7. The number of benzene rings is 1. The van der Waals surface area contributed by atoms with Crippen LogP contribution in [0.25, 0.3) is 0 Å². The van der Waals surface area contributed by atoms with Crippen LogP contribution in [-0.4, -0.2) is 68.1 Å². The fourth-order valence-electron chi connectivity index (χ4n) is 2.60. The first-order valence-electron chi connectivity index (χ1n) is 8.46. The SMILES string of the molecule is Cc1ccc(OC(C)C(=O)NCCCN2CCN(C)CC2)cc1. The third kappa shape index (κ3) is 6.20. The maximum Gasteiger partial charge on any atom is 0.260 e. The van der Waals surface area contributed by atoms with Gasteiger partial charge in [-0.05, 0) is 46.0 Å². The summed E-state index contributed by atoms with van der Waals surface area (Å²) < 4.78 is 5.66. The molecular weight excluding hydrogens is 290 g/mol. The van der Waals surface area contributed by atoms with Crippen LogP contribution >= 0.6 is 0 Å². The summed E-state index contributed by atoms with van der Waals surface area (Å²) in [5.41, 5.74) is 1.18. The number of aryl methyl sites for hydroxylation is 1. The fraction of sp³-hybridized carbons (Fsp3) is 0.611. The number of piperazine rings is 1. The largest absolute Gasteiger partial charge is 0.481 e. The van der Waals surface area contributed by atoms with E-state index in [1.54, 1.807) is 6.92 Å². The Morgan fingerprint density at radius 3 is 2.52 bits per heavy atom. The van der Waals surface area contributed by atoms with Gasteiger partial charge in [-0.15, -0.1) is 0 Å². The van der Waals surface area contributed by atoms with E-state index in [9.17, 15) is 4.79 Å². The van der Waals surface area contributed by atoms with E-state index in [1.807, 2.05) is 31.2 Å². The van der Waals surface area contributed by atoms with Crippen LogP contribution in [0, 0.1) is 6.92 Å². The number of carbonyl (C=O) groups is 1. The smallest absolute Gasteiger partial charge is 0.260 e. The molecule has 1 aromatic rings. The van der Waals surface area contributed by atoms with Crippen LogP contribution in [0.1, 0.15) is 18.9 Å². The summed E-state index contributed by atoms with van der Waals surface area (Å²) >= 11 is 0. The monoisotopic (exact) mass is 319 g/mol. The Bertz CT molecular complexity index is 482. The first-order chi connectivity index (χ1) is 11.0. The first-order valence-corrected chi connectivity index (χ1v) is 8.46. The number of ether oxygens (including phenoxy) is 1. The first kappa shape index (κ1) is 17.8. The molecule has 128 valence electrons. The number of likely N-dealkylation sites (N-methyl/N-ethyl adjacent to an activating group) is 1. The molecule has 2 rings (SSSR count). The van der Waals surface area contributed by atoms with E-state index in [1.165, 1.54) is 5.56 Å². The summed E-state index contributed by atoms with van der Waals surface area (Å²) in [7, 11) is 2.16. The quantitative estimate of drug-likeness (QED) is 0.774. The second-order valence-corrected chi connectivity index (χ2v) is 6.36. The van der Waals surface area contributed by atoms with Crippen molar-refractivity contribution in [2.45, 2.75) is 26.4 Å². The lowest BCUT2D eigenvalue weighted by Crippen LogP contribution is -2.45. The molecule has 1 aromatic carbocycles. The van der Waals surface area contributed by atoms with Crippen molar-refractivity contribution in [2.75, 3.05) is 46.3 Å². The molecule has 5 heteroatoms. The van der Waals surface area contributed by atoms with Crippen molar-refractivity contribution in [3.63, 3.8) is 0 Å². The number of nitrogens with zero attached hydrogens (tertiary/aromatic N) is 2. The van der Waals surface area contributed by atoms with Crippen molar-refractivity contribution in [3.05, 3.63) is 29.8 Å². The van der Waals surface area contributed by atoms with Crippen LogP contribution < -0.4 is 10.1 Å². The molecular formula is C18H29N3O2. The van der Waals surface area contributed by atoms with Crippen molar-refractivity contribution in [3.8, 4) is 5.75 Å². The highest BCUT2D eigenvalue weighted by Gasteiger charge is 2.15. The summed E-state index contributed by atoms with van der Waals surface area (Å²) in [5, 5.41) is 2.96. The number of carbonyl (C=O) groups excluding carboxylic acids is 1. The lowest BCUT2D eigenvalue weighted by Gasteiger charge is -2.32. The average Bonchev–Trinajstić information content (AvgIpc) is 2.55. The van der Waals surface area contributed by atoms with Crippen LogP contribution in [0.3, 0.4) is 0 Å². The van der Waals surface area contributed by atoms with Crippen LogP contribution in [0.5, 0.6) is 5.75 Å². The minimum absolute atomic E-state index is 0.0519. The van der Waals surface area contributed by atoms with Gasteiger partial charge in [-0.1, -0.05) is 17.7 Å². The van der Waals surface area contributed by atoms with Gasteiger partial charge < -0.3 is 19.9 Å². The maximum atomic E-state index is 12.1. The highest BCUT2D eigenvalue weighted by Crippen LogP contribution is 2.13. The second kappa shape index (κ2) is 8.89. The zero-order valence-corrected chi connectivity index (χ0v) is 14.5. The number of rotatable bonds is 7. The molecule has 23 heavy (non-hydrogen) atoms. The lowest BCUT2D eigenvalue weighted by atomic mass is 10.2. The Kier molecular flexibility index (Phi) is 6.86. The van der Waals surface area contributed by atoms with Gasteiger partial charge in [0.1, 0.15) is 5.75 Å². The molecule has 1 N–H and O–H groups in total. The van der Waals surface area contributed by atoms with Gasteiger partial charge in [-0.3, -0.25) is 4.79 Å². The molecule has 1 heterocycles. The topological polar surface area (TPSA) is 44.8 Å². The number of hydrogen-bond acceptors (Lipinski definition) is 4. The third-order valence-electron chi connectivity index (χ3n) is 4.25. The Balaban J connectivity index is 1.61. The van der Waals surface area contributed by atoms with E-state index < -0.39 is 6.10 Å². The molecule has 1 saturated heterocycles. The minimum Gasteiger partial charge on any atom is -0.481 e. The standard InChI is InChI=1S/C18H29N3O2/c1-15-5-7-17(8-6-15)23-16(2)18(22)19-9-4-10-21-13-11-20(3)12-14-21/h5-8,16H,4,9-14H2,1-3H3,(H,19,22). The molecule has 0 bridgehead atoms. The average molecular weight is 319 g/mol. The number of nitrogens with one attached hydrogen (secondary N) is 1. The van der Waals surface area contributed by atoms with E-state index in [0.717, 1.165) is 44.9 Å². The molecule has 0 aliphatic carbocycles. The van der Waals surface area contributed by atoms with Gasteiger partial charge in [-0.25, -0.2) is 0 Å². The molecule has 1 aliphatic heterocycles. The summed E-state index contributed by atoms with van der Waals surface area (Å²) in [4.78, 5) is 16.9. The van der Waals surface area contributed by atoms with E-state index in [-0.39, 0.29) is 5.91 Å². The fourth-order valence-corrected chi connectivity index (χ4v) is 2.60. The number of amides is 1. The zero-order valence-electron chi connectivity index (χ0n) is 14.5. The van der Waals surface area contributed by atoms with E-state index in [0.29, 0.717) is 6.54 Å². The normalized spacial score (nSPS) is 17.7. The highest BCUT2D eigenvalue weighted by atomic mass is 16.5. The van der Waals surface area contributed by atoms with Gasteiger partial charge in [0.05, 0.1) is 0 Å². The molecule has 0 saturated carbocycles. The van der Waals surface area contributed by atoms with Gasteiger partial charge >= 0.3 is 0 Å². The summed E-state index contributed by atoms with van der Waals surface area (Å²) in [5.74, 6) is 0.680. The van der Waals surface area contributed by atoms with Crippen molar-refractivity contribution < 1.29 is 9.53 Å². The van der Waals surface area contributed by atoms with Crippen molar-refractivity contribution in [2.24, 2.45) is 0 Å². The van der Waals surface area contributed by atoms with Crippen LogP contribution in [-0.2, 0) is 4.79 Å². The van der Waals surface area contributed by atoms with Crippen molar-refractivity contribution in [1.82, 2.24) is 15.1 Å². The Hall–Kier alpha value is -1.59. The van der Waals surface area contributed by atoms with Gasteiger partial charge in [0, 0.05) is 32.7 Å². The molecule has 0 radical (unpaired) electrons. The molecule has 1 atom stereocenters. The van der Waals surface area contributed by atoms with Crippen LogP contribution in [0.4, 0.5) is 0 Å². The van der Waals surface area contributed by atoms with E-state index in [4.69, 9.17) is 4.74 Å². The van der Waals surface area contributed by atoms with Crippen molar-refractivity contribution >= 4 is 5.91 Å². The summed E-state index contributed by atoms with van der Waals surface area (Å²) in [6.07, 6.45) is 0.508. The Labute approximate surface area is 139 Å². The number of hydrogen-bond donors (Lipinski definition) is 1. The van der Waals surface area contributed by atoms with Crippen LogP contribution in [0.2, 0.25) is 0 Å². The van der Waals surface area contributed by atoms with E-state index in [2.05, 4.69) is 22.2 Å². The lowest BCUT2D eigenvalue weighted by molar-refractivity contribution is -0.127. The van der Waals surface area contributed by atoms with Gasteiger partial charge in [0.15, 0.2) is 6.10 Å². The third-order valence-corrected chi connectivity index (χ3v) is 4.25. The predicted octanol–water partition coefficient (Wildman–Crippen LogP) is 1.52. The summed E-state index contributed by atoms with van der Waals surface area (Å²) in [6, 6.07) is 7.75. The van der Waals surface area contributed by atoms with Gasteiger partial charge in [0.25, 0.3) is 5.91 Å². The molecule has 1 unspecified atom stereocenters. The molecule has 0 spiro atoms. The Morgan fingerprint density at radius 2 is 1.87 bits per heavy atom. The van der Waals surface area contributed by atoms with E-state index >= 15 is 0 Å². The second-order valence-electron chi connectivity index (χ2n) is 6.36. The summed E-state index contributed by atoms with van der Waals surface area (Å²) in [6.45, 7) is 10.1. The highest BCUT2D eigenvalue weighted by molar-refractivity contribution is 5.80. The molecule has 1 aliphatic rings.